The Balaban J connectivity index is 2.53. The van der Waals surface area contributed by atoms with Crippen molar-refractivity contribution in [2.45, 2.75) is 33.1 Å². The van der Waals surface area contributed by atoms with E-state index < -0.39 is 0 Å². The van der Waals surface area contributed by atoms with E-state index in [2.05, 4.69) is 13.8 Å². The molecule has 0 saturated carbocycles. The molecule has 0 aliphatic rings. The highest BCUT2D eigenvalue weighted by Gasteiger charge is 2.13. The third-order valence-electron chi connectivity index (χ3n) is 2.40. The fourth-order valence-electron chi connectivity index (χ4n) is 1.58. The predicted octanol–water partition coefficient (Wildman–Crippen LogP) is 3.77. The number of ether oxygens (including phenoxy) is 1. The van der Waals surface area contributed by atoms with Crippen LogP contribution in [0.15, 0.2) is 11.4 Å². The standard InChI is InChI=1S/C12H18O2S/c1-4-5-9(2)6-11(13)12-7-10(14-3)8-15-12/h7-9H,4-6H2,1-3H3. The van der Waals surface area contributed by atoms with Crippen molar-refractivity contribution < 1.29 is 9.53 Å². The number of ketones is 1. The van der Waals surface area contributed by atoms with Crippen LogP contribution in [0.25, 0.3) is 0 Å². The van der Waals surface area contributed by atoms with Crippen LogP contribution in [0.1, 0.15) is 42.8 Å². The van der Waals surface area contributed by atoms with Gasteiger partial charge in [0.25, 0.3) is 0 Å². The second-order valence-corrected chi connectivity index (χ2v) is 4.78. The molecule has 1 rings (SSSR count). The van der Waals surface area contributed by atoms with Crippen molar-refractivity contribution in [3.8, 4) is 5.75 Å². The van der Waals surface area contributed by atoms with Crippen LogP contribution in [-0.4, -0.2) is 12.9 Å². The lowest BCUT2D eigenvalue weighted by Gasteiger charge is -2.07. The Kier molecular flexibility index (Phi) is 4.82. The van der Waals surface area contributed by atoms with Gasteiger partial charge < -0.3 is 4.74 Å². The molecule has 1 atom stereocenters. The van der Waals surface area contributed by atoms with Gasteiger partial charge in [0.15, 0.2) is 5.78 Å². The summed E-state index contributed by atoms with van der Waals surface area (Å²) >= 11 is 1.47. The van der Waals surface area contributed by atoms with Crippen molar-refractivity contribution in [2.24, 2.45) is 5.92 Å². The van der Waals surface area contributed by atoms with E-state index in [9.17, 15) is 4.79 Å². The molecule has 0 radical (unpaired) electrons. The van der Waals surface area contributed by atoms with Crippen LogP contribution in [0.5, 0.6) is 5.75 Å². The first kappa shape index (κ1) is 12.2. The Morgan fingerprint density at radius 2 is 2.33 bits per heavy atom. The molecule has 0 bridgehead atoms. The van der Waals surface area contributed by atoms with Crippen molar-refractivity contribution in [3.05, 3.63) is 16.3 Å². The van der Waals surface area contributed by atoms with Gasteiger partial charge in [-0.1, -0.05) is 26.7 Å². The molecule has 0 amide bonds. The number of carbonyl (C=O) groups excluding carboxylic acids is 1. The molecular weight excluding hydrogens is 208 g/mol. The fourth-order valence-corrected chi connectivity index (χ4v) is 2.39. The monoisotopic (exact) mass is 226 g/mol. The largest absolute Gasteiger partial charge is 0.496 e. The van der Waals surface area contributed by atoms with Crippen LogP contribution >= 0.6 is 11.3 Å². The Morgan fingerprint density at radius 1 is 1.60 bits per heavy atom. The third kappa shape index (κ3) is 3.67. The highest BCUT2D eigenvalue weighted by Crippen LogP contribution is 2.24. The van der Waals surface area contributed by atoms with Gasteiger partial charge in [-0.15, -0.1) is 11.3 Å². The number of hydrogen-bond acceptors (Lipinski definition) is 3. The lowest BCUT2D eigenvalue weighted by atomic mass is 9.99. The summed E-state index contributed by atoms with van der Waals surface area (Å²) in [6.07, 6.45) is 2.91. The van der Waals surface area contributed by atoms with Crippen LogP contribution in [0.4, 0.5) is 0 Å². The summed E-state index contributed by atoms with van der Waals surface area (Å²) < 4.78 is 5.06. The van der Waals surface area contributed by atoms with E-state index in [0.717, 1.165) is 23.5 Å². The molecule has 3 heteroatoms. The second kappa shape index (κ2) is 5.91. The molecule has 2 nitrogen and oxygen atoms in total. The minimum absolute atomic E-state index is 0.240. The highest BCUT2D eigenvalue weighted by atomic mass is 32.1. The number of rotatable bonds is 6. The van der Waals surface area contributed by atoms with Gasteiger partial charge in [0, 0.05) is 17.9 Å². The first-order valence-electron chi connectivity index (χ1n) is 5.33. The first-order chi connectivity index (χ1) is 7.17. The summed E-state index contributed by atoms with van der Waals surface area (Å²) in [4.78, 5) is 12.6. The lowest BCUT2D eigenvalue weighted by Crippen LogP contribution is -2.04. The third-order valence-corrected chi connectivity index (χ3v) is 3.35. The molecule has 84 valence electrons. The molecule has 1 heterocycles. The number of thiophene rings is 1. The van der Waals surface area contributed by atoms with Crippen molar-refractivity contribution in [1.82, 2.24) is 0 Å². The van der Waals surface area contributed by atoms with Gasteiger partial charge in [0.1, 0.15) is 5.75 Å². The van der Waals surface area contributed by atoms with Crippen LogP contribution in [0.3, 0.4) is 0 Å². The Hall–Kier alpha value is -0.830. The minimum Gasteiger partial charge on any atom is -0.496 e. The van der Waals surface area contributed by atoms with E-state index in [4.69, 9.17) is 4.74 Å². The smallest absolute Gasteiger partial charge is 0.173 e. The topological polar surface area (TPSA) is 26.3 Å². The molecule has 0 aromatic carbocycles. The Morgan fingerprint density at radius 3 is 2.87 bits per heavy atom. The van der Waals surface area contributed by atoms with E-state index in [1.54, 1.807) is 7.11 Å². The van der Waals surface area contributed by atoms with Gasteiger partial charge in [-0.3, -0.25) is 4.79 Å². The average molecular weight is 226 g/mol. The zero-order valence-electron chi connectivity index (χ0n) is 9.58. The summed E-state index contributed by atoms with van der Waals surface area (Å²) in [5, 5.41) is 1.87. The number of carbonyl (C=O) groups is 1. The first-order valence-corrected chi connectivity index (χ1v) is 6.21. The minimum atomic E-state index is 0.240. The lowest BCUT2D eigenvalue weighted by molar-refractivity contribution is 0.0966. The quantitative estimate of drug-likeness (QED) is 0.690. The van der Waals surface area contributed by atoms with E-state index in [-0.39, 0.29) is 5.78 Å². The van der Waals surface area contributed by atoms with Crippen molar-refractivity contribution >= 4 is 17.1 Å². The van der Waals surface area contributed by atoms with Gasteiger partial charge in [0.2, 0.25) is 0 Å². The molecule has 0 spiro atoms. The zero-order valence-corrected chi connectivity index (χ0v) is 10.4. The Bertz CT molecular complexity index is 317. The van der Waals surface area contributed by atoms with Crippen LogP contribution in [0, 0.1) is 5.92 Å². The molecule has 1 aromatic heterocycles. The predicted molar refractivity (Wildman–Crippen MR) is 63.9 cm³/mol. The zero-order chi connectivity index (χ0) is 11.3. The van der Waals surface area contributed by atoms with Gasteiger partial charge in [-0.05, 0) is 5.92 Å². The molecule has 0 aliphatic heterocycles. The van der Waals surface area contributed by atoms with E-state index in [1.165, 1.54) is 11.3 Å². The number of Topliss-reactive ketones (excluding diaryl/α,β-unsaturated/α-hetero) is 1. The highest BCUT2D eigenvalue weighted by molar-refractivity contribution is 7.12. The van der Waals surface area contributed by atoms with Crippen LogP contribution in [0.2, 0.25) is 0 Å². The molecule has 0 fully saturated rings. The van der Waals surface area contributed by atoms with Gasteiger partial charge in [-0.2, -0.15) is 0 Å². The van der Waals surface area contributed by atoms with Crippen molar-refractivity contribution in [3.63, 3.8) is 0 Å². The fraction of sp³-hybridized carbons (Fsp3) is 0.583. The maximum absolute atomic E-state index is 11.8. The molecule has 1 aromatic rings. The molecule has 0 N–H and O–H groups in total. The molecule has 0 aliphatic carbocycles. The second-order valence-electron chi connectivity index (χ2n) is 3.87. The van der Waals surface area contributed by atoms with Crippen LogP contribution < -0.4 is 4.74 Å². The summed E-state index contributed by atoms with van der Waals surface area (Å²) in [7, 11) is 1.62. The molecule has 1 unspecified atom stereocenters. The summed E-state index contributed by atoms with van der Waals surface area (Å²) in [6.45, 7) is 4.28. The summed E-state index contributed by atoms with van der Waals surface area (Å²) in [6, 6.07) is 1.83. The van der Waals surface area contributed by atoms with E-state index >= 15 is 0 Å². The van der Waals surface area contributed by atoms with Crippen molar-refractivity contribution in [1.29, 1.82) is 0 Å². The maximum Gasteiger partial charge on any atom is 0.173 e. The van der Waals surface area contributed by atoms with E-state index in [1.807, 2.05) is 11.4 Å². The van der Waals surface area contributed by atoms with Crippen molar-refractivity contribution in [2.75, 3.05) is 7.11 Å². The van der Waals surface area contributed by atoms with Gasteiger partial charge in [-0.25, -0.2) is 0 Å². The SMILES string of the molecule is CCCC(C)CC(=O)c1cc(OC)cs1. The summed E-state index contributed by atoms with van der Waals surface area (Å²) in [5.41, 5.74) is 0. The maximum atomic E-state index is 11.8. The average Bonchev–Trinajstić information content (AvgIpc) is 2.66. The van der Waals surface area contributed by atoms with E-state index in [0.29, 0.717) is 12.3 Å². The normalized spacial score (nSPS) is 12.5. The molecular formula is C12H18O2S. The number of methoxy groups -OCH3 is 1. The van der Waals surface area contributed by atoms with Gasteiger partial charge in [0.05, 0.1) is 12.0 Å². The number of hydrogen-bond donors (Lipinski definition) is 0. The van der Waals surface area contributed by atoms with Crippen LogP contribution in [-0.2, 0) is 0 Å². The molecule has 0 saturated heterocycles. The Labute approximate surface area is 95.3 Å². The molecule has 15 heavy (non-hydrogen) atoms. The summed E-state index contributed by atoms with van der Waals surface area (Å²) in [5.74, 6) is 1.51. The van der Waals surface area contributed by atoms with Gasteiger partial charge >= 0.3 is 0 Å².